The quantitative estimate of drug-likeness (QED) is 0.492. The van der Waals surface area contributed by atoms with Crippen LogP contribution >= 0.6 is 0 Å². The fraction of sp³-hybridized carbons (Fsp3) is 0.0800. The molecule has 0 saturated carbocycles. The molecule has 2 aromatic heterocycles. The summed E-state index contributed by atoms with van der Waals surface area (Å²) in [6.07, 6.45) is 5.13. The van der Waals surface area contributed by atoms with Gasteiger partial charge in [0.05, 0.1) is 0 Å². The molecule has 5 heteroatoms. The van der Waals surface area contributed by atoms with Gasteiger partial charge < -0.3 is 10.2 Å². The van der Waals surface area contributed by atoms with E-state index in [2.05, 4.69) is 32.3 Å². The summed E-state index contributed by atoms with van der Waals surface area (Å²) in [4.78, 5) is 23.4. The largest absolute Gasteiger partial charge is 0.348 e. The first-order valence-corrected chi connectivity index (χ1v) is 9.79. The molecule has 4 rings (SSSR count). The summed E-state index contributed by atoms with van der Waals surface area (Å²) >= 11 is 0. The number of amides is 1. The molecule has 0 spiro atoms. The van der Waals surface area contributed by atoms with Crippen molar-refractivity contribution >= 4 is 17.4 Å². The molecule has 148 valence electrons. The lowest BCUT2D eigenvalue weighted by Gasteiger charge is -2.24. The number of para-hydroxylation sites is 1. The molecule has 1 N–H and O–H groups in total. The van der Waals surface area contributed by atoms with Gasteiger partial charge in [-0.25, -0.2) is 4.98 Å². The van der Waals surface area contributed by atoms with Crippen LogP contribution in [0, 0.1) is 0 Å². The summed E-state index contributed by atoms with van der Waals surface area (Å²) in [5.41, 5.74) is 3.70. The number of anilines is 2. The summed E-state index contributed by atoms with van der Waals surface area (Å²) in [5, 5.41) is 2.95. The lowest BCUT2D eigenvalue weighted by Crippen LogP contribution is -2.24. The Bertz CT molecular complexity index is 1090. The van der Waals surface area contributed by atoms with Gasteiger partial charge in [0.1, 0.15) is 5.82 Å². The maximum Gasteiger partial charge on any atom is 0.251 e. The molecule has 1 amide bonds. The number of nitrogens with one attached hydrogen (secondary N) is 1. The Kier molecular flexibility index (Phi) is 6.11. The summed E-state index contributed by atoms with van der Waals surface area (Å²) in [5.74, 6) is 0.578. The highest BCUT2D eigenvalue weighted by atomic mass is 16.1. The van der Waals surface area contributed by atoms with Crippen LogP contribution in [0.4, 0.5) is 11.5 Å². The monoisotopic (exact) mass is 394 g/mol. The van der Waals surface area contributed by atoms with Crippen molar-refractivity contribution in [3.8, 4) is 0 Å². The molecule has 0 fully saturated rings. The van der Waals surface area contributed by atoms with E-state index in [0.717, 1.165) is 22.6 Å². The Hall–Kier alpha value is -3.99. The van der Waals surface area contributed by atoms with Crippen LogP contribution in [-0.2, 0) is 13.1 Å². The van der Waals surface area contributed by atoms with Crippen LogP contribution in [0.1, 0.15) is 21.5 Å². The molecule has 4 aromatic rings. The third kappa shape index (κ3) is 4.89. The predicted molar refractivity (Wildman–Crippen MR) is 118 cm³/mol. The van der Waals surface area contributed by atoms with Crippen LogP contribution in [0.2, 0.25) is 0 Å². The highest BCUT2D eigenvalue weighted by molar-refractivity contribution is 5.95. The third-order valence-corrected chi connectivity index (χ3v) is 4.71. The first-order valence-electron chi connectivity index (χ1n) is 9.79. The molecular formula is C25H22N4O. The van der Waals surface area contributed by atoms with Crippen molar-refractivity contribution in [1.82, 2.24) is 15.3 Å². The van der Waals surface area contributed by atoms with Crippen LogP contribution in [0.25, 0.3) is 0 Å². The second kappa shape index (κ2) is 9.47. The SMILES string of the molecule is O=C(NCc1cccnc1)c1ccnc(N(Cc2ccccc2)c2ccccc2)c1. The number of carbonyl (C=O) groups is 1. The number of nitrogens with zero attached hydrogens (tertiary/aromatic N) is 3. The number of pyridine rings is 2. The van der Waals surface area contributed by atoms with Crippen LogP contribution in [0.5, 0.6) is 0 Å². The summed E-state index contributed by atoms with van der Waals surface area (Å²) < 4.78 is 0. The first-order chi connectivity index (χ1) is 14.8. The predicted octanol–water partition coefficient (Wildman–Crippen LogP) is 4.74. The van der Waals surface area contributed by atoms with Crippen molar-refractivity contribution in [2.24, 2.45) is 0 Å². The number of hydrogen-bond acceptors (Lipinski definition) is 4. The van der Waals surface area contributed by atoms with Gasteiger partial charge in [0.15, 0.2) is 0 Å². The molecule has 5 nitrogen and oxygen atoms in total. The van der Waals surface area contributed by atoms with E-state index in [9.17, 15) is 4.79 Å². The topological polar surface area (TPSA) is 58.1 Å². The molecule has 0 atom stereocenters. The molecule has 0 bridgehead atoms. The van der Waals surface area contributed by atoms with Crippen LogP contribution in [0.15, 0.2) is 104 Å². The van der Waals surface area contributed by atoms with Gasteiger partial charge in [0.25, 0.3) is 5.91 Å². The van der Waals surface area contributed by atoms with Gasteiger partial charge in [0, 0.05) is 42.9 Å². The maximum atomic E-state index is 12.7. The van der Waals surface area contributed by atoms with E-state index in [1.807, 2.05) is 66.7 Å². The molecular weight excluding hydrogens is 372 g/mol. The Morgan fingerprint density at radius 2 is 1.57 bits per heavy atom. The molecule has 30 heavy (non-hydrogen) atoms. The molecule has 0 unspecified atom stereocenters. The summed E-state index contributed by atoms with van der Waals surface area (Å²) in [7, 11) is 0. The summed E-state index contributed by atoms with van der Waals surface area (Å²) in [6, 6.07) is 27.6. The van der Waals surface area contributed by atoms with Gasteiger partial charge in [-0.3, -0.25) is 9.78 Å². The number of carbonyl (C=O) groups excluding carboxylic acids is 1. The zero-order chi connectivity index (χ0) is 20.6. The average Bonchev–Trinajstić information content (AvgIpc) is 2.83. The Balaban J connectivity index is 1.57. The van der Waals surface area contributed by atoms with Gasteiger partial charge in [-0.2, -0.15) is 0 Å². The smallest absolute Gasteiger partial charge is 0.251 e. The Morgan fingerprint density at radius 1 is 0.833 bits per heavy atom. The van der Waals surface area contributed by atoms with Crippen molar-refractivity contribution < 1.29 is 4.79 Å². The van der Waals surface area contributed by atoms with Gasteiger partial charge in [-0.05, 0) is 41.5 Å². The normalized spacial score (nSPS) is 10.4. The fourth-order valence-electron chi connectivity index (χ4n) is 3.17. The zero-order valence-corrected chi connectivity index (χ0v) is 16.5. The second-order valence-corrected chi connectivity index (χ2v) is 6.85. The van der Waals surface area contributed by atoms with Crippen LogP contribution in [0.3, 0.4) is 0 Å². The van der Waals surface area contributed by atoms with E-state index in [1.165, 1.54) is 0 Å². The minimum absolute atomic E-state index is 0.143. The molecule has 0 aliphatic heterocycles. The lowest BCUT2D eigenvalue weighted by atomic mass is 10.1. The van der Waals surface area contributed by atoms with Crippen molar-refractivity contribution in [3.63, 3.8) is 0 Å². The lowest BCUT2D eigenvalue weighted by molar-refractivity contribution is 0.0951. The van der Waals surface area contributed by atoms with Gasteiger partial charge >= 0.3 is 0 Å². The number of rotatable bonds is 7. The van der Waals surface area contributed by atoms with Crippen LogP contribution in [-0.4, -0.2) is 15.9 Å². The maximum absolute atomic E-state index is 12.7. The van der Waals surface area contributed by atoms with Gasteiger partial charge in [0.2, 0.25) is 0 Å². The van der Waals surface area contributed by atoms with Crippen molar-refractivity contribution in [2.45, 2.75) is 13.1 Å². The van der Waals surface area contributed by atoms with Crippen molar-refractivity contribution in [3.05, 3.63) is 120 Å². The molecule has 2 aromatic carbocycles. The number of aromatic nitrogens is 2. The minimum Gasteiger partial charge on any atom is -0.348 e. The first kappa shape index (κ1) is 19.3. The fourth-order valence-corrected chi connectivity index (χ4v) is 3.17. The molecule has 2 heterocycles. The molecule has 0 aliphatic rings. The minimum atomic E-state index is -0.143. The second-order valence-electron chi connectivity index (χ2n) is 6.85. The Labute approximate surface area is 176 Å². The van der Waals surface area contributed by atoms with Crippen LogP contribution < -0.4 is 10.2 Å². The number of benzene rings is 2. The molecule has 0 saturated heterocycles. The van der Waals surface area contributed by atoms with E-state index in [4.69, 9.17) is 0 Å². The van der Waals surface area contributed by atoms with E-state index < -0.39 is 0 Å². The van der Waals surface area contributed by atoms with Crippen molar-refractivity contribution in [2.75, 3.05) is 4.90 Å². The highest BCUT2D eigenvalue weighted by Gasteiger charge is 2.14. The standard InChI is InChI=1S/C25H22N4O/c30-25(28-18-21-10-7-14-26-17-21)22-13-15-27-24(16-22)29(23-11-5-2-6-12-23)19-20-8-3-1-4-9-20/h1-17H,18-19H2,(H,28,30). The third-order valence-electron chi connectivity index (χ3n) is 4.71. The highest BCUT2D eigenvalue weighted by Crippen LogP contribution is 2.26. The van der Waals surface area contributed by atoms with E-state index in [1.54, 1.807) is 24.7 Å². The van der Waals surface area contributed by atoms with Gasteiger partial charge in [-0.15, -0.1) is 0 Å². The average molecular weight is 394 g/mol. The van der Waals surface area contributed by atoms with E-state index >= 15 is 0 Å². The van der Waals surface area contributed by atoms with E-state index in [-0.39, 0.29) is 5.91 Å². The Morgan fingerprint density at radius 3 is 2.30 bits per heavy atom. The van der Waals surface area contributed by atoms with Crippen molar-refractivity contribution in [1.29, 1.82) is 0 Å². The summed E-state index contributed by atoms with van der Waals surface area (Å²) in [6.45, 7) is 1.08. The molecule has 0 aliphatic carbocycles. The van der Waals surface area contributed by atoms with Gasteiger partial charge in [-0.1, -0.05) is 54.6 Å². The zero-order valence-electron chi connectivity index (χ0n) is 16.5. The molecule has 0 radical (unpaired) electrons. The number of hydrogen-bond donors (Lipinski definition) is 1. The van der Waals surface area contributed by atoms with E-state index in [0.29, 0.717) is 18.7 Å².